The molecule has 94 valence electrons. The molecule has 0 bridgehead atoms. The Bertz CT molecular complexity index is 716. The minimum atomic E-state index is -0.346. The number of methoxy groups -OCH3 is 1. The van der Waals surface area contributed by atoms with Crippen LogP contribution >= 0.6 is 0 Å². The third-order valence-corrected chi connectivity index (χ3v) is 2.72. The first kappa shape index (κ1) is 11.4. The molecule has 5 nitrogen and oxygen atoms in total. The molecular weight excluding hydrogens is 244 g/mol. The number of ketones is 1. The van der Waals surface area contributed by atoms with Crippen molar-refractivity contribution in [2.24, 2.45) is 0 Å². The molecule has 0 atom stereocenters. The topological polar surface area (TPSA) is 65.2 Å². The van der Waals surface area contributed by atoms with Crippen molar-refractivity contribution in [3.8, 4) is 5.88 Å². The number of nitrogens with zero attached hydrogens (tertiary/aromatic N) is 2. The van der Waals surface area contributed by atoms with Gasteiger partial charge in [-0.1, -0.05) is 18.2 Å². The van der Waals surface area contributed by atoms with Crippen LogP contribution in [0.1, 0.15) is 16.2 Å². The van der Waals surface area contributed by atoms with Crippen LogP contribution in [-0.4, -0.2) is 22.9 Å². The van der Waals surface area contributed by atoms with Gasteiger partial charge in [-0.25, -0.2) is 9.97 Å². The zero-order valence-corrected chi connectivity index (χ0v) is 10.2. The smallest absolute Gasteiger partial charge is 0.252 e. The van der Waals surface area contributed by atoms with Crippen molar-refractivity contribution in [2.45, 2.75) is 0 Å². The molecule has 0 amide bonds. The molecule has 0 N–H and O–H groups in total. The quantitative estimate of drug-likeness (QED) is 0.672. The number of hydrogen-bond donors (Lipinski definition) is 0. The van der Waals surface area contributed by atoms with E-state index in [1.807, 2.05) is 18.2 Å². The summed E-state index contributed by atoms with van der Waals surface area (Å²) in [6.45, 7) is 0. The Hall–Kier alpha value is -2.69. The number of ether oxygens (including phenoxy) is 1. The molecule has 19 heavy (non-hydrogen) atoms. The van der Waals surface area contributed by atoms with E-state index >= 15 is 0 Å². The third kappa shape index (κ3) is 1.95. The maximum atomic E-state index is 12.3. The Morgan fingerprint density at radius 1 is 1.21 bits per heavy atom. The number of carbonyl (C=O) groups is 1. The highest BCUT2D eigenvalue weighted by atomic mass is 16.5. The van der Waals surface area contributed by atoms with E-state index in [4.69, 9.17) is 9.15 Å². The van der Waals surface area contributed by atoms with Gasteiger partial charge in [-0.3, -0.25) is 4.79 Å². The normalized spacial score (nSPS) is 10.6. The molecule has 2 aromatic heterocycles. The second-order valence-electron chi connectivity index (χ2n) is 3.89. The van der Waals surface area contributed by atoms with Gasteiger partial charge in [0.2, 0.25) is 5.88 Å². The Labute approximate surface area is 108 Å². The summed E-state index contributed by atoms with van der Waals surface area (Å²) in [5.74, 6) is 0.0640. The van der Waals surface area contributed by atoms with E-state index in [1.54, 1.807) is 12.1 Å². The Kier molecular flexibility index (Phi) is 2.72. The second-order valence-corrected chi connectivity index (χ2v) is 3.89. The van der Waals surface area contributed by atoms with Crippen LogP contribution in [0.25, 0.3) is 11.0 Å². The summed E-state index contributed by atoms with van der Waals surface area (Å²) in [6, 6.07) is 9.10. The van der Waals surface area contributed by atoms with Crippen molar-refractivity contribution in [1.82, 2.24) is 9.97 Å². The number of fused-ring (bicyclic) bond motifs is 1. The summed E-state index contributed by atoms with van der Waals surface area (Å²) in [5.41, 5.74) is 0.803. The first-order valence-corrected chi connectivity index (χ1v) is 5.68. The first-order valence-electron chi connectivity index (χ1n) is 5.68. The van der Waals surface area contributed by atoms with Crippen molar-refractivity contribution in [3.63, 3.8) is 0 Å². The van der Waals surface area contributed by atoms with Gasteiger partial charge >= 0.3 is 0 Å². The minimum absolute atomic E-state index is 0.143. The number of rotatable bonds is 3. The summed E-state index contributed by atoms with van der Waals surface area (Å²) in [6.07, 6.45) is 2.91. The van der Waals surface area contributed by atoms with E-state index in [9.17, 15) is 4.79 Å². The van der Waals surface area contributed by atoms with Crippen molar-refractivity contribution >= 4 is 16.8 Å². The van der Waals surface area contributed by atoms with Crippen LogP contribution in [0.5, 0.6) is 5.88 Å². The van der Waals surface area contributed by atoms with Crippen molar-refractivity contribution < 1.29 is 13.9 Å². The van der Waals surface area contributed by atoms with Crippen LogP contribution in [0.4, 0.5) is 0 Å². The number of carbonyl (C=O) groups excluding carboxylic acids is 1. The molecule has 3 aromatic rings. The highest BCUT2D eigenvalue weighted by Crippen LogP contribution is 2.22. The minimum Gasteiger partial charge on any atom is -0.479 e. The average molecular weight is 254 g/mol. The molecule has 0 unspecified atom stereocenters. The number of para-hydroxylation sites is 1. The van der Waals surface area contributed by atoms with E-state index < -0.39 is 0 Å². The van der Waals surface area contributed by atoms with Crippen molar-refractivity contribution in [2.75, 3.05) is 7.11 Å². The lowest BCUT2D eigenvalue weighted by Gasteiger charge is -2.02. The average Bonchev–Trinajstić information content (AvgIpc) is 2.90. The summed E-state index contributed by atoms with van der Waals surface area (Å²) >= 11 is 0. The van der Waals surface area contributed by atoms with E-state index in [0.717, 1.165) is 5.39 Å². The van der Waals surface area contributed by atoms with Crippen molar-refractivity contribution in [3.05, 3.63) is 54.2 Å². The Balaban J connectivity index is 2.08. The predicted molar refractivity (Wildman–Crippen MR) is 68.2 cm³/mol. The van der Waals surface area contributed by atoms with Gasteiger partial charge in [0.15, 0.2) is 11.5 Å². The third-order valence-electron chi connectivity index (χ3n) is 2.72. The maximum absolute atomic E-state index is 12.3. The Morgan fingerprint density at radius 2 is 2.00 bits per heavy atom. The monoisotopic (exact) mass is 254 g/mol. The van der Waals surface area contributed by atoms with Gasteiger partial charge in [0.1, 0.15) is 5.58 Å². The largest absolute Gasteiger partial charge is 0.479 e. The molecule has 0 spiro atoms. The van der Waals surface area contributed by atoms with Crippen LogP contribution in [-0.2, 0) is 0 Å². The lowest BCUT2D eigenvalue weighted by molar-refractivity contribution is 0.100. The summed E-state index contributed by atoms with van der Waals surface area (Å²) in [7, 11) is 1.44. The first-order chi connectivity index (χ1) is 9.29. The molecule has 3 rings (SSSR count). The van der Waals surface area contributed by atoms with Gasteiger partial charge in [0.05, 0.1) is 7.11 Å². The Morgan fingerprint density at radius 3 is 2.79 bits per heavy atom. The zero-order chi connectivity index (χ0) is 13.2. The molecule has 0 fully saturated rings. The van der Waals surface area contributed by atoms with Crippen LogP contribution in [0.3, 0.4) is 0 Å². The molecule has 5 heteroatoms. The number of benzene rings is 1. The van der Waals surface area contributed by atoms with E-state index in [0.29, 0.717) is 5.58 Å². The molecular formula is C14H10N2O3. The van der Waals surface area contributed by atoms with E-state index in [1.165, 1.54) is 19.5 Å². The van der Waals surface area contributed by atoms with Gasteiger partial charge in [-0.05, 0) is 12.1 Å². The number of aromatic nitrogens is 2. The van der Waals surface area contributed by atoms with Crippen LogP contribution < -0.4 is 4.74 Å². The molecule has 0 saturated heterocycles. The van der Waals surface area contributed by atoms with Gasteiger partial charge in [0, 0.05) is 17.8 Å². The highest BCUT2D eigenvalue weighted by Gasteiger charge is 2.20. The van der Waals surface area contributed by atoms with Gasteiger partial charge in [-0.2, -0.15) is 0 Å². The van der Waals surface area contributed by atoms with Gasteiger partial charge in [-0.15, -0.1) is 0 Å². The lowest BCUT2D eigenvalue weighted by atomic mass is 10.2. The second kappa shape index (κ2) is 4.53. The molecule has 0 aliphatic heterocycles. The fraction of sp³-hybridized carbons (Fsp3) is 0.0714. The SMILES string of the molecule is COc1nccnc1C(=O)c1cc2ccccc2o1. The summed E-state index contributed by atoms with van der Waals surface area (Å²) in [5, 5.41) is 0.869. The van der Waals surface area contributed by atoms with E-state index in [-0.39, 0.29) is 23.1 Å². The number of hydrogen-bond acceptors (Lipinski definition) is 5. The van der Waals surface area contributed by atoms with Gasteiger partial charge < -0.3 is 9.15 Å². The summed E-state index contributed by atoms with van der Waals surface area (Å²) < 4.78 is 10.5. The molecule has 0 aliphatic rings. The van der Waals surface area contributed by atoms with Crippen LogP contribution in [0.15, 0.2) is 47.1 Å². The molecule has 0 aliphatic carbocycles. The fourth-order valence-electron chi connectivity index (χ4n) is 1.84. The number of furan rings is 1. The lowest BCUT2D eigenvalue weighted by Crippen LogP contribution is -2.06. The van der Waals surface area contributed by atoms with Crippen LogP contribution in [0, 0.1) is 0 Å². The van der Waals surface area contributed by atoms with Gasteiger partial charge in [0.25, 0.3) is 5.78 Å². The van der Waals surface area contributed by atoms with Crippen LogP contribution in [0.2, 0.25) is 0 Å². The summed E-state index contributed by atoms with van der Waals surface area (Å²) in [4.78, 5) is 20.3. The molecule has 1 aromatic carbocycles. The van der Waals surface area contributed by atoms with E-state index in [2.05, 4.69) is 9.97 Å². The maximum Gasteiger partial charge on any atom is 0.252 e. The molecule has 0 saturated carbocycles. The molecule has 2 heterocycles. The predicted octanol–water partition coefficient (Wildman–Crippen LogP) is 2.46. The highest BCUT2D eigenvalue weighted by molar-refractivity contribution is 6.09. The van der Waals surface area contributed by atoms with Crippen molar-refractivity contribution in [1.29, 1.82) is 0 Å². The standard InChI is InChI=1S/C14H10N2O3/c1-18-14-12(15-6-7-16-14)13(17)11-8-9-4-2-3-5-10(9)19-11/h2-8H,1H3. The zero-order valence-electron chi connectivity index (χ0n) is 10.2. The molecule has 0 radical (unpaired) electrons. The fourth-order valence-corrected chi connectivity index (χ4v) is 1.84.